The predicted octanol–water partition coefficient (Wildman–Crippen LogP) is 2.49. The molecular weight excluding hydrogens is 388 g/mol. The van der Waals surface area contributed by atoms with E-state index >= 15 is 0 Å². The van der Waals surface area contributed by atoms with Crippen molar-refractivity contribution in [2.24, 2.45) is 0 Å². The number of ketones is 1. The van der Waals surface area contributed by atoms with Crippen molar-refractivity contribution in [2.45, 2.75) is 31.6 Å². The molecule has 30 heavy (non-hydrogen) atoms. The van der Waals surface area contributed by atoms with E-state index in [9.17, 15) is 29.6 Å². The minimum absolute atomic E-state index is 0.000823. The summed E-state index contributed by atoms with van der Waals surface area (Å²) < 4.78 is 0. The fraction of sp³-hybridized carbons (Fsp3) is 0.227. The third-order valence-electron chi connectivity index (χ3n) is 5.54. The number of anilines is 1. The van der Waals surface area contributed by atoms with Crippen molar-refractivity contribution in [3.8, 4) is 0 Å². The van der Waals surface area contributed by atoms with Crippen LogP contribution in [0.4, 0.5) is 11.4 Å². The van der Waals surface area contributed by atoms with E-state index in [1.54, 1.807) is 12.1 Å². The van der Waals surface area contributed by atoms with E-state index in [-0.39, 0.29) is 29.4 Å². The van der Waals surface area contributed by atoms with Crippen molar-refractivity contribution in [3.63, 3.8) is 0 Å². The Labute approximate surface area is 171 Å². The Hall–Kier alpha value is -3.81. The molecule has 8 heteroatoms. The number of allylic oxidation sites excluding steroid dienone is 2. The minimum atomic E-state index is -1.31. The number of non-ortho nitro benzene ring substituents is 1. The molecule has 0 fully saturated rings. The number of hydrogen-bond donors (Lipinski definition) is 0. The molecule has 0 saturated heterocycles. The summed E-state index contributed by atoms with van der Waals surface area (Å²) in [7, 11) is 0. The summed E-state index contributed by atoms with van der Waals surface area (Å²) in [6.45, 7) is 0. The summed E-state index contributed by atoms with van der Waals surface area (Å²) in [5, 5.41) is 21.9. The summed E-state index contributed by atoms with van der Waals surface area (Å²) in [4.78, 5) is 48.8. The molecule has 4 rings (SSSR count). The smallest absolute Gasteiger partial charge is 0.269 e. The van der Waals surface area contributed by atoms with Crippen molar-refractivity contribution in [1.82, 2.24) is 0 Å². The van der Waals surface area contributed by atoms with Gasteiger partial charge >= 0.3 is 0 Å². The highest BCUT2D eigenvalue weighted by Crippen LogP contribution is 2.43. The Morgan fingerprint density at radius 2 is 1.67 bits per heavy atom. The molecule has 0 saturated carbocycles. The molecule has 0 unspecified atom stereocenters. The number of nitro groups is 1. The second kappa shape index (κ2) is 7.55. The van der Waals surface area contributed by atoms with Gasteiger partial charge in [0.25, 0.3) is 5.69 Å². The lowest BCUT2D eigenvalue weighted by molar-refractivity contribution is -0.384. The van der Waals surface area contributed by atoms with E-state index in [4.69, 9.17) is 0 Å². The fourth-order valence-electron chi connectivity index (χ4n) is 4.15. The van der Waals surface area contributed by atoms with Crippen LogP contribution in [0, 0.1) is 10.1 Å². The molecule has 0 radical (unpaired) electrons. The van der Waals surface area contributed by atoms with Crippen LogP contribution in [0.1, 0.15) is 47.5 Å². The summed E-state index contributed by atoms with van der Waals surface area (Å²) in [6.07, 6.45) is 1.59. The average Bonchev–Trinajstić information content (AvgIpc) is 2.73. The first-order valence-corrected chi connectivity index (χ1v) is 9.52. The van der Waals surface area contributed by atoms with Crippen LogP contribution in [-0.2, 0) is 9.59 Å². The van der Waals surface area contributed by atoms with Gasteiger partial charge in [-0.15, -0.1) is 0 Å². The number of carboxylic acid groups (broad SMARTS) is 1. The van der Waals surface area contributed by atoms with Gasteiger partial charge in [0.1, 0.15) is 0 Å². The monoisotopic (exact) mass is 405 g/mol. The van der Waals surface area contributed by atoms with Crippen molar-refractivity contribution in [1.29, 1.82) is 0 Å². The zero-order chi connectivity index (χ0) is 21.4. The molecule has 0 aromatic heterocycles. The highest BCUT2D eigenvalue weighted by molar-refractivity contribution is 6.07. The zero-order valence-corrected chi connectivity index (χ0v) is 15.9. The molecule has 152 valence electrons. The number of carbonyl (C=O) groups is 3. The van der Waals surface area contributed by atoms with Crippen LogP contribution in [0.3, 0.4) is 0 Å². The van der Waals surface area contributed by atoms with Gasteiger partial charge in [-0.25, -0.2) is 0 Å². The molecule has 1 aliphatic carbocycles. The Morgan fingerprint density at radius 1 is 1.00 bits per heavy atom. The Morgan fingerprint density at radius 3 is 2.27 bits per heavy atom. The first-order chi connectivity index (χ1) is 14.4. The molecular formula is C22H17N2O6-. The lowest BCUT2D eigenvalue weighted by atomic mass is 9.77. The van der Waals surface area contributed by atoms with Crippen molar-refractivity contribution >= 4 is 29.0 Å². The van der Waals surface area contributed by atoms with Gasteiger partial charge < -0.3 is 9.90 Å². The van der Waals surface area contributed by atoms with E-state index in [1.165, 1.54) is 41.3 Å². The number of aromatic carboxylic acids is 1. The highest BCUT2D eigenvalue weighted by Gasteiger charge is 2.39. The number of carboxylic acids is 1. The van der Waals surface area contributed by atoms with Gasteiger partial charge in [0.2, 0.25) is 5.91 Å². The summed E-state index contributed by atoms with van der Waals surface area (Å²) in [5.74, 6) is -2.02. The van der Waals surface area contributed by atoms with Crippen LogP contribution >= 0.6 is 0 Å². The molecule has 2 aliphatic rings. The lowest BCUT2D eigenvalue weighted by Crippen LogP contribution is -2.40. The quantitative estimate of drug-likeness (QED) is 0.569. The number of nitrogens with zero attached hydrogens (tertiary/aromatic N) is 2. The molecule has 2 aromatic rings. The second-order valence-electron chi connectivity index (χ2n) is 7.31. The maximum atomic E-state index is 13.1. The van der Waals surface area contributed by atoms with E-state index < -0.39 is 16.8 Å². The van der Waals surface area contributed by atoms with Crippen molar-refractivity contribution < 1.29 is 24.4 Å². The second-order valence-corrected chi connectivity index (χ2v) is 7.31. The molecule has 2 aromatic carbocycles. The first kappa shape index (κ1) is 19.5. The van der Waals surface area contributed by atoms with Crippen LogP contribution in [0.15, 0.2) is 59.8 Å². The number of Topliss-reactive ketones (excluding diaryl/α,β-unsaturated/α-hetero) is 1. The average molecular weight is 405 g/mol. The maximum Gasteiger partial charge on any atom is 0.269 e. The van der Waals surface area contributed by atoms with E-state index in [0.29, 0.717) is 41.8 Å². The number of rotatable bonds is 4. The number of nitro benzene ring substituents is 1. The third-order valence-corrected chi connectivity index (χ3v) is 5.54. The number of carbonyl (C=O) groups excluding carboxylic acids is 3. The summed E-state index contributed by atoms with van der Waals surface area (Å²) in [5.41, 5.74) is 2.30. The molecule has 1 aliphatic heterocycles. The van der Waals surface area contributed by atoms with E-state index in [2.05, 4.69) is 0 Å². The standard InChI is InChI=1S/C22H18N2O6/c25-19-3-1-2-18-21(19)17(13-4-10-16(11-5-13)24(29)30)12-20(26)23(18)15-8-6-14(7-9-15)22(27)28/h4-11,17H,1-3,12H2,(H,27,28)/p-1/t17-/m0/s1. The topological polar surface area (TPSA) is 121 Å². The van der Waals surface area contributed by atoms with Gasteiger partial charge in [-0.05, 0) is 36.1 Å². The zero-order valence-electron chi connectivity index (χ0n) is 15.9. The molecule has 1 amide bonds. The third kappa shape index (κ3) is 3.36. The number of hydrogen-bond acceptors (Lipinski definition) is 6. The minimum Gasteiger partial charge on any atom is -0.545 e. The highest BCUT2D eigenvalue weighted by atomic mass is 16.6. The van der Waals surface area contributed by atoms with Crippen LogP contribution in [0.2, 0.25) is 0 Å². The van der Waals surface area contributed by atoms with Gasteiger partial charge in [-0.1, -0.05) is 24.3 Å². The number of benzene rings is 2. The largest absolute Gasteiger partial charge is 0.545 e. The van der Waals surface area contributed by atoms with Crippen LogP contribution in [0.25, 0.3) is 0 Å². The lowest BCUT2D eigenvalue weighted by Gasteiger charge is -2.38. The van der Waals surface area contributed by atoms with E-state index in [1.807, 2.05) is 0 Å². The van der Waals surface area contributed by atoms with Gasteiger partial charge in [0.15, 0.2) is 5.78 Å². The van der Waals surface area contributed by atoms with Gasteiger partial charge in [-0.3, -0.25) is 24.6 Å². The summed E-state index contributed by atoms with van der Waals surface area (Å²) in [6, 6.07) is 11.7. The fourth-order valence-corrected chi connectivity index (χ4v) is 4.15. The molecule has 0 N–H and O–H groups in total. The van der Waals surface area contributed by atoms with Crippen LogP contribution < -0.4 is 10.0 Å². The Kier molecular flexibility index (Phi) is 4.91. The molecule has 1 heterocycles. The molecule has 1 atom stereocenters. The molecule has 8 nitrogen and oxygen atoms in total. The SMILES string of the molecule is O=C1CCCC2=C1[C@H](c1ccc([N+](=O)[O-])cc1)CC(=O)N2c1ccc(C(=O)[O-])cc1. The van der Waals surface area contributed by atoms with Crippen LogP contribution in [-0.4, -0.2) is 22.6 Å². The predicted molar refractivity (Wildman–Crippen MR) is 105 cm³/mol. The van der Waals surface area contributed by atoms with Crippen molar-refractivity contribution in [3.05, 3.63) is 81.0 Å². The number of amides is 1. The van der Waals surface area contributed by atoms with Gasteiger partial charge in [-0.2, -0.15) is 0 Å². The Balaban J connectivity index is 1.78. The molecule has 0 bridgehead atoms. The Bertz CT molecular complexity index is 1090. The van der Waals surface area contributed by atoms with Gasteiger partial charge in [0, 0.05) is 47.8 Å². The normalized spacial score (nSPS) is 18.9. The maximum absolute atomic E-state index is 13.1. The summed E-state index contributed by atoms with van der Waals surface area (Å²) >= 11 is 0. The first-order valence-electron chi connectivity index (χ1n) is 9.52. The van der Waals surface area contributed by atoms with Crippen molar-refractivity contribution in [2.75, 3.05) is 4.90 Å². The van der Waals surface area contributed by atoms with Crippen LogP contribution in [0.5, 0.6) is 0 Å². The van der Waals surface area contributed by atoms with Gasteiger partial charge in [0.05, 0.1) is 10.9 Å². The van der Waals surface area contributed by atoms with E-state index in [0.717, 1.165) is 0 Å². The molecule has 0 spiro atoms.